The number of anilines is 1. The number of nitrogens with one attached hydrogen (secondary N) is 1. The summed E-state index contributed by atoms with van der Waals surface area (Å²) >= 11 is 0. The molecule has 2 aliphatic heterocycles. The van der Waals surface area contributed by atoms with Gasteiger partial charge in [0.1, 0.15) is 0 Å². The molecule has 2 aromatic rings. The molecule has 0 aromatic heterocycles. The van der Waals surface area contributed by atoms with E-state index in [1.54, 1.807) is 14.2 Å². The van der Waals surface area contributed by atoms with Crippen LogP contribution in [0.2, 0.25) is 0 Å². The van der Waals surface area contributed by atoms with Crippen LogP contribution >= 0.6 is 0 Å². The highest BCUT2D eigenvalue weighted by molar-refractivity contribution is 5.64. The molecular weight excluding hydrogens is 326 g/mol. The first-order valence-corrected chi connectivity index (χ1v) is 9.34. The van der Waals surface area contributed by atoms with Crippen LogP contribution in [-0.4, -0.2) is 20.8 Å². The number of para-hydroxylation sites is 1. The Balaban J connectivity index is 1.85. The maximum Gasteiger partial charge on any atom is 0.165 e. The van der Waals surface area contributed by atoms with Gasteiger partial charge in [0.05, 0.1) is 26.4 Å². The monoisotopic (exact) mass is 353 g/mol. The third-order valence-corrected chi connectivity index (χ3v) is 5.68. The maximum absolute atomic E-state index is 6.29. The van der Waals surface area contributed by atoms with Gasteiger partial charge in [-0.25, -0.2) is 0 Å². The Bertz CT molecular complexity index is 817. The first-order valence-electron chi connectivity index (χ1n) is 9.34. The molecule has 2 aliphatic rings. The third-order valence-electron chi connectivity index (χ3n) is 5.68. The zero-order valence-corrected chi connectivity index (χ0v) is 16.0. The second kappa shape index (κ2) is 6.84. The molecule has 1 N–H and O–H groups in total. The Kier molecular flexibility index (Phi) is 4.53. The average molecular weight is 353 g/mol. The molecule has 0 aliphatic carbocycles. The summed E-state index contributed by atoms with van der Waals surface area (Å²) in [5.41, 5.74) is 6.18. The van der Waals surface area contributed by atoms with Crippen LogP contribution in [0.25, 0.3) is 0 Å². The van der Waals surface area contributed by atoms with Crippen molar-refractivity contribution in [1.29, 1.82) is 0 Å². The number of rotatable bonds is 3. The lowest BCUT2D eigenvalue weighted by molar-refractivity contribution is -0.0384. The topological polar surface area (TPSA) is 39.7 Å². The van der Waals surface area contributed by atoms with Crippen LogP contribution in [0.5, 0.6) is 11.5 Å². The molecule has 3 atom stereocenters. The van der Waals surface area contributed by atoms with Gasteiger partial charge in [-0.2, -0.15) is 0 Å². The Morgan fingerprint density at radius 3 is 2.69 bits per heavy atom. The van der Waals surface area contributed by atoms with Crippen molar-refractivity contribution >= 4 is 5.69 Å². The van der Waals surface area contributed by atoms with Gasteiger partial charge in [-0.15, -0.1) is 0 Å². The standard InChI is InChI=1S/C22H27NO3/c1-13-11-14(2)19-17(12-13)21-15(8-6-10-26-21)20(23-19)16-7-5-9-18(24-3)22(16)25-4/h5,7,9,11-12,15,20-21,23H,6,8,10H2,1-4H3/t15-,20?,21-/m0/s1. The van der Waals surface area contributed by atoms with E-state index in [1.807, 2.05) is 12.1 Å². The molecular formula is C22H27NO3. The van der Waals surface area contributed by atoms with Gasteiger partial charge < -0.3 is 19.5 Å². The zero-order chi connectivity index (χ0) is 18.3. The van der Waals surface area contributed by atoms with Gasteiger partial charge in [0.15, 0.2) is 11.5 Å². The summed E-state index contributed by atoms with van der Waals surface area (Å²) in [5.74, 6) is 1.95. The first-order chi connectivity index (χ1) is 12.6. The lowest BCUT2D eigenvalue weighted by atomic mass is 9.76. The summed E-state index contributed by atoms with van der Waals surface area (Å²) in [6.45, 7) is 5.15. The maximum atomic E-state index is 6.29. The second-order valence-corrected chi connectivity index (χ2v) is 7.35. The van der Waals surface area contributed by atoms with Crippen LogP contribution in [0.3, 0.4) is 0 Å². The van der Waals surface area contributed by atoms with Crippen LogP contribution in [0.1, 0.15) is 47.2 Å². The Hall–Kier alpha value is -2.20. The summed E-state index contributed by atoms with van der Waals surface area (Å²) in [5, 5.41) is 3.82. The van der Waals surface area contributed by atoms with E-state index in [0.29, 0.717) is 5.92 Å². The van der Waals surface area contributed by atoms with E-state index in [2.05, 4.69) is 37.4 Å². The van der Waals surface area contributed by atoms with Crippen LogP contribution in [0.15, 0.2) is 30.3 Å². The van der Waals surface area contributed by atoms with Crippen molar-refractivity contribution in [2.24, 2.45) is 5.92 Å². The van der Waals surface area contributed by atoms with Crippen molar-refractivity contribution in [3.05, 3.63) is 52.6 Å². The molecule has 26 heavy (non-hydrogen) atoms. The number of hydrogen-bond donors (Lipinski definition) is 1. The average Bonchev–Trinajstić information content (AvgIpc) is 2.66. The van der Waals surface area contributed by atoms with Gasteiger partial charge in [-0.1, -0.05) is 29.8 Å². The molecule has 4 rings (SSSR count). The van der Waals surface area contributed by atoms with Crippen molar-refractivity contribution in [3.8, 4) is 11.5 Å². The number of fused-ring (bicyclic) bond motifs is 3. The van der Waals surface area contributed by atoms with Crippen LogP contribution in [-0.2, 0) is 4.74 Å². The summed E-state index contributed by atoms with van der Waals surface area (Å²) in [4.78, 5) is 0. The number of benzene rings is 2. The first kappa shape index (κ1) is 17.2. The molecule has 138 valence electrons. The van der Waals surface area contributed by atoms with Crippen molar-refractivity contribution in [1.82, 2.24) is 0 Å². The van der Waals surface area contributed by atoms with E-state index in [0.717, 1.165) is 36.5 Å². The number of ether oxygens (including phenoxy) is 3. The predicted molar refractivity (Wildman–Crippen MR) is 103 cm³/mol. The molecule has 4 heteroatoms. The Labute approximate surface area is 155 Å². The summed E-state index contributed by atoms with van der Waals surface area (Å²) in [7, 11) is 3.40. The van der Waals surface area contributed by atoms with E-state index in [1.165, 1.54) is 22.4 Å². The van der Waals surface area contributed by atoms with E-state index in [9.17, 15) is 0 Å². The Morgan fingerprint density at radius 2 is 1.92 bits per heavy atom. The highest BCUT2D eigenvalue weighted by Crippen LogP contribution is 2.52. The van der Waals surface area contributed by atoms with Crippen molar-refractivity contribution in [2.45, 2.75) is 38.8 Å². The number of methoxy groups -OCH3 is 2. The minimum Gasteiger partial charge on any atom is -0.493 e. The highest BCUT2D eigenvalue weighted by atomic mass is 16.5. The molecule has 0 radical (unpaired) electrons. The predicted octanol–water partition coefficient (Wildman–Crippen LogP) is 4.96. The molecule has 0 bridgehead atoms. The fourth-order valence-electron chi connectivity index (χ4n) is 4.62. The normalized spacial score (nSPS) is 24.2. The number of hydrogen-bond acceptors (Lipinski definition) is 4. The molecule has 2 heterocycles. The zero-order valence-electron chi connectivity index (χ0n) is 16.0. The fraction of sp³-hybridized carbons (Fsp3) is 0.455. The summed E-state index contributed by atoms with van der Waals surface area (Å²) in [6.07, 6.45) is 2.35. The second-order valence-electron chi connectivity index (χ2n) is 7.35. The molecule has 0 spiro atoms. The SMILES string of the molecule is COc1cccc(C2Nc3c(C)cc(C)cc3[C@H]3OCCC[C@@H]23)c1OC. The molecule has 1 fully saturated rings. The molecule has 1 unspecified atom stereocenters. The van der Waals surface area contributed by atoms with Gasteiger partial charge >= 0.3 is 0 Å². The van der Waals surface area contributed by atoms with Crippen molar-refractivity contribution in [3.63, 3.8) is 0 Å². The lowest BCUT2D eigenvalue weighted by Gasteiger charge is -2.44. The quantitative estimate of drug-likeness (QED) is 0.847. The minimum absolute atomic E-state index is 0.125. The van der Waals surface area contributed by atoms with Gasteiger partial charge in [-0.3, -0.25) is 0 Å². The van der Waals surface area contributed by atoms with Crippen molar-refractivity contribution < 1.29 is 14.2 Å². The third kappa shape index (κ3) is 2.73. The summed E-state index contributed by atoms with van der Waals surface area (Å²) in [6, 6.07) is 10.8. The van der Waals surface area contributed by atoms with Crippen LogP contribution < -0.4 is 14.8 Å². The molecule has 4 nitrogen and oxygen atoms in total. The molecule has 0 amide bonds. The van der Waals surface area contributed by atoms with Gasteiger partial charge in [-0.05, 0) is 38.3 Å². The Morgan fingerprint density at radius 1 is 1.08 bits per heavy atom. The molecule has 2 aromatic carbocycles. The van der Waals surface area contributed by atoms with Crippen molar-refractivity contribution in [2.75, 3.05) is 26.1 Å². The van der Waals surface area contributed by atoms with Gasteiger partial charge in [0.25, 0.3) is 0 Å². The van der Waals surface area contributed by atoms with Crippen LogP contribution in [0.4, 0.5) is 5.69 Å². The minimum atomic E-state index is 0.125. The molecule has 1 saturated heterocycles. The van der Waals surface area contributed by atoms with Crippen LogP contribution in [0, 0.1) is 19.8 Å². The van der Waals surface area contributed by atoms with E-state index in [-0.39, 0.29) is 12.1 Å². The van der Waals surface area contributed by atoms with E-state index < -0.39 is 0 Å². The summed E-state index contributed by atoms with van der Waals surface area (Å²) < 4.78 is 17.5. The largest absolute Gasteiger partial charge is 0.493 e. The van der Waals surface area contributed by atoms with Gasteiger partial charge in [0, 0.05) is 29.3 Å². The lowest BCUT2D eigenvalue weighted by Crippen LogP contribution is -2.36. The smallest absolute Gasteiger partial charge is 0.165 e. The van der Waals surface area contributed by atoms with Gasteiger partial charge in [0.2, 0.25) is 0 Å². The van der Waals surface area contributed by atoms with E-state index >= 15 is 0 Å². The highest BCUT2D eigenvalue weighted by Gasteiger charge is 2.41. The van der Waals surface area contributed by atoms with E-state index in [4.69, 9.17) is 14.2 Å². The fourth-order valence-corrected chi connectivity index (χ4v) is 4.62. The molecule has 0 saturated carbocycles. The number of aryl methyl sites for hydroxylation is 2.